The van der Waals surface area contributed by atoms with Crippen molar-refractivity contribution in [3.8, 4) is 5.75 Å². The molecule has 0 spiro atoms. The predicted molar refractivity (Wildman–Crippen MR) is 118 cm³/mol. The van der Waals surface area contributed by atoms with E-state index in [0.29, 0.717) is 24.1 Å². The van der Waals surface area contributed by atoms with Crippen molar-refractivity contribution in [3.05, 3.63) is 59.4 Å². The molecule has 1 fully saturated rings. The van der Waals surface area contributed by atoms with E-state index in [0.717, 1.165) is 36.5 Å². The number of tetrazole rings is 1. The second kappa shape index (κ2) is 9.91. The maximum Gasteiger partial charge on any atom is 0.415 e. The van der Waals surface area contributed by atoms with E-state index in [1.165, 1.54) is 11.1 Å². The molecular weight excluding hydrogens is 412 g/mol. The highest BCUT2D eigenvalue weighted by Gasteiger charge is 2.26. The van der Waals surface area contributed by atoms with Crippen LogP contribution in [0.4, 0.5) is 4.79 Å². The number of pyridine rings is 1. The lowest BCUT2D eigenvalue weighted by molar-refractivity contribution is 0.143. The van der Waals surface area contributed by atoms with Gasteiger partial charge < -0.3 is 9.64 Å². The Labute approximate surface area is 186 Å². The van der Waals surface area contributed by atoms with Crippen LogP contribution in [0, 0.1) is 6.92 Å². The summed E-state index contributed by atoms with van der Waals surface area (Å²) >= 11 is 1.66. The third-order valence-electron chi connectivity index (χ3n) is 5.45. The summed E-state index contributed by atoms with van der Waals surface area (Å²) in [4.78, 5) is 18.7. The highest BCUT2D eigenvalue weighted by Crippen LogP contribution is 2.28. The van der Waals surface area contributed by atoms with Gasteiger partial charge in [-0.3, -0.25) is 4.98 Å². The van der Waals surface area contributed by atoms with Gasteiger partial charge in [-0.1, -0.05) is 30.0 Å². The van der Waals surface area contributed by atoms with Gasteiger partial charge in [0.25, 0.3) is 0 Å². The SMILES string of the molecule is Cc1cccnc1CCc1ccc(OC(=O)N2CCC(Sc3nnnn3C)CC2)cc1. The second-order valence-corrected chi connectivity index (χ2v) is 8.94. The lowest BCUT2D eigenvalue weighted by Gasteiger charge is -2.30. The fraction of sp³-hybridized carbons (Fsp3) is 0.409. The Bertz CT molecular complexity index is 1010. The Morgan fingerprint density at radius 1 is 1.16 bits per heavy atom. The first kappa shape index (κ1) is 21.3. The van der Waals surface area contributed by atoms with Gasteiger partial charge in [-0.15, -0.1) is 5.10 Å². The quantitative estimate of drug-likeness (QED) is 0.583. The van der Waals surface area contributed by atoms with Gasteiger partial charge in [0.05, 0.1) is 0 Å². The summed E-state index contributed by atoms with van der Waals surface area (Å²) in [6, 6.07) is 11.8. The smallest absolute Gasteiger partial charge is 0.410 e. The lowest BCUT2D eigenvalue weighted by atomic mass is 10.1. The van der Waals surface area contributed by atoms with Gasteiger partial charge in [0.15, 0.2) is 0 Å². The molecule has 3 aromatic rings. The van der Waals surface area contributed by atoms with Crippen molar-refractivity contribution in [2.75, 3.05) is 13.1 Å². The summed E-state index contributed by atoms with van der Waals surface area (Å²) in [5, 5.41) is 12.7. The molecule has 1 saturated heterocycles. The molecule has 31 heavy (non-hydrogen) atoms. The number of benzene rings is 1. The van der Waals surface area contributed by atoms with Crippen LogP contribution in [0.1, 0.15) is 29.7 Å². The Hall–Kier alpha value is -2.94. The summed E-state index contributed by atoms with van der Waals surface area (Å²) in [6.45, 7) is 3.42. The first-order valence-corrected chi connectivity index (χ1v) is 11.3. The summed E-state index contributed by atoms with van der Waals surface area (Å²) in [6.07, 6.45) is 5.11. The first-order chi connectivity index (χ1) is 15.1. The zero-order valence-corrected chi connectivity index (χ0v) is 18.6. The molecule has 0 unspecified atom stereocenters. The number of likely N-dealkylation sites (tertiary alicyclic amines) is 1. The zero-order chi connectivity index (χ0) is 21.6. The first-order valence-electron chi connectivity index (χ1n) is 10.4. The molecule has 1 aromatic carbocycles. The van der Waals surface area contributed by atoms with Gasteiger partial charge in [0, 0.05) is 37.3 Å². The fourth-order valence-corrected chi connectivity index (χ4v) is 4.58. The van der Waals surface area contributed by atoms with Crippen molar-refractivity contribution in [2.45, 2.75) is 43.0 Å². The molecule has 8 nitrogen and oxygen atoms in total. The van der Waals surface area contributed by atoms with Crippen molar-refractivity contribution < 1.29 is 9.53 Å². The third-order valence-corrected chi connectivity index (χ3v) is 6.81. The van der Waals surface area contributed by atoms with E-state index in [1.807, 2.05) is 43.6 Å². The molecule has 1 aliphatic heterocycles. The summed E-state index contributed by atoms with van der Waals surface area (Å²) in [7, 11) is 1.83. The number of thioether (sulfide) groups is 1. The van der Waals surface area contributed by atoms with E-state index < -0.39 is 0 Å². The lowest BCUT2D eigenvalue weighted by Crippen LogP contribution is -2.41. The average molecular weight is 439 g/mol. The molecule has 1 aliphatic rings. The number of carbonyl (C=O) groups excluding carboxylic acids is 1. The molecule has 0 radical (unpaired) electrons. The summed E-state index contributed by atoms with van der Waals surface area (Å²) in [5.74, 6) is 0.574. The molecule has 0 N–H and O–H groups in total. The highest BCUT2D eigenvalue weighted by atomic mass is 32.2. The van der Waals surface area contributed by atoms with Crippen molar-refractivity contribution in [1.82, 2.24) is 30.1 Å². The van der Waals surface area contributed by atoms with Crippen molar-refractivity contribution in [1.29, 1.82) is 0 Å². The number of aryl methyl sites for hydroxylation is 4. The third kappa shape index (κ3) is 5.61. The van der Waals surface area contributed by atoms with E-state index in [2.05, 4.69) is 33.5 Å². The highest BCUT2D eigenvalue weighted by molar-refractivity contribution is 7.99. The Balaban J connectivity index is 1.23. The Morgan fingerprint density at radius 3 is 2.61 bits per heavy atom. The van der Waals surface area contributed by atoms with Crippen LogP contribution in [-0.2, 0) is 19.9 Å². The number of nitrogens with zero attached hydrogens (tertiary/aromatic N) is 6. The molecule has 4 rings (SSSR count). The molecule has 0 atom stereocenters. The van der Waals surface area contributed by atoms with Crippen LogP contribution in [0.2, 0.25) is 0 Å². The normalized spacial score (nSPS) is 14.6. The van der Waals surface area contributed by atoms with E-state index in [-0.39, 0.29) is 6.09 Å². The number of ether oxygens (including phenoxy) is 1. The van der Waals surface area contributed by atoms with Crippen molar-refractivity contribution in [3.63, 3.8) is 0 Å². The van der Waals surface area contributed by atoms with Gasteiger partial charge in [0.1, 0.15) is 5.75 Å². The van der Waals surface area contributed by atoms with Crippen LogP contribution in [0.3, 0.4) is 0 Å². The van der Waals surface area contributed by atoms with Gasteiger partial charge in [-0.05, 0) is 72.4 Å². The molecule has 9 heteroatoms. The van der Waals surface area contributed by atoms with Crippen LogP contribution in [-0.4, -0.2) is 54.5 Å². The Kier molecular flexibility index (Phi) is 6.81. The van der Waals surface area contributed by atoms with Crippen molar-refractivity contribution in [2.24, 2.45) is 7.05 Å². The summed E-state index contributed by atoms with van der Waals surface area (Å²) in [5.41, 5.74) is 3.53. The Morgan fingerprint density at radius 2 is 1.94 bits per heavy atom. The van der Waals surface area contributed by atoms with Crippen LogP contribution < -0.4 is 4.74 Å². The molecule has 0 aliphatic carbocycles. The molecule has 2 aromatic heterocycles. The van der Waals surface area contributed by atoms with Crippen LogP contribution in [0.5, 0.6) is 5.75 Å². The van der Waals surface area contributed by atoms with Crippen molar-refractivity contribution >= 4 is 17.9 Å². The standard InChI is InChI=1S/C22H26N6O2S/c1-16-4-3-13-23-20(16)10-7-17-5-8-18(9-6-17)30-22(29)28-14-11-19(12-15-28)31-21-24-25-26-27(21)2/h3-6,8-9,13,19H,7,10-12,14-15H2,1-2H3. The molecule has 1 amide bonds. The van der Waals surface area contributed by atoms with Gasteiger partial charge >= 0.3 is 6.09 Å². The van der Waals surface area contributed by atoms with Crippen LogP contribution in [0.25, 0.3) is 0 Å². The zero-order valence-electron chi connectivity index (χ0n) is 17.8. The minimum Gasteiger partial charge on any atom is -0.410 e. The van der Waals surface area contributed by atoms with E-state index >= 15 is 0 Å². The molecule has 0 bridgehead atoms. The number of hydrogen-bond donors (Lipinski definition) is 0. The van der Waals surface area contributed by atoms with E-state index in [9.17, 15) is 4.79 Å². The number of piperidine rings is 1. The fourth-order valence-electron chi connectivity index (χ4n) is 3.56. The van der Waals surface area contributed by atoms with Gasteiger partial charge in [-0.25, -0.2) is 9.48 Å². The number of amides is 1. The van der Waals surface area contributed by atoms with Gasteiger partial charge in [-0.2, -0.15) is 0 Å². The summed E-state index contributed by atoms with van der Waals surface area (Å²) < 4.78 is 7.26. The number of carbonyl (C=O) groups is 1. The van der Waals surface area contributed by atoms with E-state index in [1.54, 1.807) is 21.3 Å². The molecule has 162 valence electrons. The molecule has 3 heterocycles. The monoisotopic (exact) mass is 438 g/mol. The maximum atomic E-state index is 12.5. The molecule has 0 saturated carbocycles. The van der Waals surface area contributed by atoms with E-state index in [4.69, 9.17) is 4.74 Å². The maximum absolute atomic E-state index is 12.5. The minimum absolute atomic E-state index is 0.291. The van der Waals surface area contributed by atoms with Gasteiger partial charge in [0.2, 0.25) is 5.16 Å². The van der Waals surface area contributed by atoms with Crippen LogP contribution in [0.15, 0.2) is 47.8 Å². The number of hydrogen-bond acceptors (Lipinski definition) is 7. The molecular formula is C22H26N6O2S. The topological polar surface area (TPSA) is 86.0 Å². The minimum atomic E-state index is -0.291. The largest absolute Gasteiger partial charge is 0.415 e. The second-order valence-electron chi connectivity index (χ2n) is 7.67. The number of aromatic nitrogens is 5. The van der Waals surface area contributed by atoms with Crippen LogP contribution >= 0.6 is 11.8 Å². The average Bonchev–Trinajstić information content (AvgIpc) is 3.19. The predicted octanol–water partition coefficient (Wildman–Crippen LogP) is 3.45. The number of rotatable bonds is 6.